The minimum atomic E-state index is 0.0694. The zero-order valence-corrected chi connectivity index (χ0v) is 8.69. The third-order valence-electron chi connectivity index (χ3n) is 5.20. The van der Waals surface area contributed by atoms with Crippen LogP contribution in [0.25, 0.3) is 0 Å². The van der Waals surface area contributed by atoms with E-state index in [4.69, 9.17) is 0 Å². The molecule has 1 radical (unpaired) electrons. The van der Waals surface area contributed by atoms with Crippen LogP contribution in [0.15, 0.2) is 0 Å². The van der Waals surface area contributed by atoms with E-state index in [0.29, 0.717) is 5.92 Å². The van der Waals surface area contributed by atoms with Crippen molar-refractivity contribution in [2.24, 2.45) is 35.5 Å². The molecule has 77 valence electrons. The van der Waals surface area contributed by atoms with Gasteiger partial charge in [-0.05, 0) is 68.6 Å². The summed E-state index contributed by atoms with van der Waals surface area (Å²) in [4.78, 5) is 10.7. The Bertz CT molecular complexity index is 230. The Morgan fingerprint density at radius 1 is 1.07 bits per heavy atom. The van der Waals surface area contributed by atoms with Crippen LogP contribution in [0, 0.1) is 42.4 Å². The standard InChI is InChI=1S/C13H19O/c1-8(7-14)11-5-12-9-2-3-10(4-9)13(12)6-11/h7-13H,1-6H2. The van der Waals surface area contributed by atoms with Crippen LogP contribution in [0.3, 0.4) is 0 Å². The van der Waals surface area contributed by atoms with Crippen LogP contribution in [0.2, 0.25) is 0 Å². The first-order valence-corrected chi connectivity index (χ1v) is 6.08. The van der Waals surface area contributed by atoms with Crippen molar-refractivity contribution in [2.75, 3.05) is 0 Å². The summed E-state index contributed by atoms with van der Waals surface area (Å²) in [6.07, 6.45) is 8.12. The third-order valence-corrected chi connectivity index (χ3v) is 5.20. The van der Waals surface area contributed by atoms with Crippen molar-refractivity contribution < 1.29 is 4.79 Å². The molecule has 0 saturated heterocycles. The van der Waals surface area contributed by atoms with Gasteiger partial charge in [-0.1, -0.05) is 0 Å². The Morgan fingerprint density at radius 2 is 1.64 bits per heavy atom. The lowest BCUT2D eigenvalue weighted by Gasteiger charge is -2.23. The average Bonchev–Trinajstić information content (AvgIpc) is 2.87. The maximum absolute atomic E-state index is 10.7. The molecule has 3 fully saturated rings. The summed E-state index contributed by atoms with van der Waals surface area (Å²) < 4.78 is 0. The Morgan fingerprint density at radius 3 is 2.14 bits per heavy atom. The molecule has 3 aliphatic rings. The van der Waals surface area contributed by atoms with Gasteiger partial charge in [-0.15, -0.1) is 0 Å². The topological polar surface area (TPSA) is 17.1 Å². The maximum Gasteiger partial charge on any atom is 0.123 e. The number of aldehydes is 1. The van der Waals surface area contributed by atoms with Gasteiger partial charge in [0.2, 0.25) is 0 Å². The van der Waals surface area contributed by atoms with Gasteiger partial charge in [0.1, 0.15) is 6.29 Å². The van der Waals surface area contributed by atoms with Gasteiger partial charge in [-0.2, -0.15) is 0 Å². The highest BCUT2D eigenvalue weighted by Gasteiger charge is 2.52. The maximum atomic E-state index is 10.7. The normalized spacial score (nSPS) is 51.9. The van der Waals surface area contributed by atoms with Crippen molar-refractivity contribution in [3.63, 3.8) is 0 Å². The van der Waals surface area contributed by atoms with E-state index in [9.17, 15) is 4.79 Å². The summed E-state index contributed by atoms with van der Waals surface area (Å²) in [7, 11) is 0. The molecule has 0 aromatic heterocycles. The molecule has 3 saturated carbocycles. The quantitative estimate of drug-likeness (QED) is 0.613. The average molecular weight is 191 g/mol. The summed E-state index contributed by atoms with van der Waals surface area (Å²) in [6, 6.07) is 0. The summed E-state index contributed by atoms with van der Waals surface area (Å²) in [6.45, 7) is 3.97. The molecule has 0 spiro atoms. The molecule has 2 bridgehead atoms. The van der Waals surface area contributed by atoms with E-state index in [1.807, 2.05) is 0 Å². The highest BCUT2D eigenvalue weighted by Crippen LogP contribution is 2.60. The largest absolute Gasteiger partial charge is 0.303 e. The summed E-state index contributed by atoms with van der Waals surface area (Å²) in [5, 5.41) is 0. The van der Waals surface area contributed by atoms with Crippen LogP contribution in [0.5, 0.6) is 0 Å². The molecule has 14 heavy (non-hydrogen) atoms. The zero-order chi connectivity index (χ0) is 9.71. The second-order valence-electron chi connectivity index (χ2n) is 5.69. The molecule has 0 amide bonds. The summed E-state index contributed by atoms with van der Waals surface area (Å²) >= 11 is 0. The van der Waals surface area contributed by atoms with Crippen LogP contribution in [-0.4, -0.2) is 6.29 Å². The molecule has 0 N–H and O–H groups in total. The van der Waals surface area contributed by atoms with E-state index >= 15 is 0 Å². The van der Waals surface area contributed by atoms with Crippen molar-refractivity contribution in [3.8, 4) is 0 Å². The first kappa shape index (κ1) is 8.94. The molecule has 0 aliphatic heterocycles. The highest BCUT2D eigenvalue weighted by atomic mass is 16.1. The van der Waals surface area contributed by atoms with Crippen LogP contribution in [0.4, 0.5) is 0 Å². The Balaban J connectivity index is 1.73. The SMILES string of the molecule is [CH2]C(C=O)C1CC2C3CCC(C3)C2C1. The zero-order valence-electron chi connectivity index (χ0n) is 8.69. The van der Waals surface area contributed by atoms with Gasteiger partial charge < -0.3 is 4.79 Å². The molecule has 0 aromatic carbocycles. The Labute approximate surface area is 86.3 Å². The molecule has 1 heteroatoms. The molecule has 0 aromatic rings. The summed E-state index contributed by atoms with van der Waals surface area (Å²) in [5.41, 5.74) is 0. The van der Waals surface area contributed by atoms with Crippen molar-refractivity contribution >= 4 is 6.29 Å². The first-order valence-electron chi connectivity index (χ1n) is 6.08. The van der Waals surface area contributed by atoms with Gasteiger partial charge >= 0.3 is 0 Å². The van der Waals surface area contributed by atoms with E-state index in [1.54, 1.807) is 0 Å². The monoisotopic (exact) mass is 191 g/mol. The number of fused-ring (bicyclic) bond motifs is 5. The lowest BCUT2D eigenvalue weighted by molar-refractivity contribution is -0.111. The van der Waals surface area contributed by atoms with Crippen molar-refractivity contribution in [3.05, 3.63) is 6.92 Å². The van der Waals surface area contributed by atoms with E-state index in [1.165, 1.54) is 32.1 Å². The smallest absolute Gasteiger partial charge is 0.123 e. The molecule has 1 nitrogen and oxygen atoms in total. The number of carbonyl (C=O) groups is 1. The molecule has 3 aliphatic carbocycles. The van der Waals surface area contributed by atoms with E-state index in [2.05, 4.69) is 6.92 Å². The van der Waals surface area contributed by atoms with Gasteiger partial charge in [-0.3, -0.25) is 0 Å². The van der Waals surface area contributed by atoms with Crippen LogP contribution < -0.4 is 0 Å². The molecule has 3 rings (SSSR count). The minimum Gasteiger partial charge on any atom is -0.303 e. The number of hydrogen-bond donors (Lipinski definition) is 0. The highest BCUT2D eigenvalue weighted by molar-refractivity contribution is 5.55. The molecular formula is C13H19O. The van der Waals surface area contributed by atoms with Gasteiger partial charge in [0.05, 0.1) is 0 Å². The van der Waals surface area contributed by atoms with E-state index in [-0.39, 0.29) is 5.92 Å². The lowest BCUT2D eigenvalue weighted by Crippen LogP contribution is -2.15. The molecule has 0 heterocycles. The second kappa shape index (κ2) is 3.08. The van der Waals surface area contributed by atoms with Crippen LogP contribution in [-0.2, 0) is 4.79 Å². The number of carbonyl (C=O) groups excluding carboxylic acids is 1. The van der Waals surface area contributed by atoms with Crippen molar-refractivity contribution in [1.29, 1.82) is 0 Å². The predicted octanol–water partition coefficient (Wildman–Crippen LogP) is 2.71. The molecule has 5 unspecified atom stereocenters. The fourth-order valence-corrected chi connectivity index (χ4v) is 4.52. The fraction of sp³-hybridized carbons (Fsp3) is 0.846. The van der Waals surface area contributed by atoms with Crippen LogP contribution >= 0.6 is 0 Å². The first-order chi connectivity index (χ1) is 6.79. The Hall–Kier alpha value is -0.330. The van der Waals surface area contributed by atoms with Crippen molar-refractivity contribution in [1.82, 2.24) is 0 Å². The van der Waals surface area contributed by atoms with Gasteiger partial charge in [0.15, 0.2) is 0 Å². The van der Waals surface area contributed by atoms with Gasteiger partial charge in [-0.25, -0.2) is 0 Å². The van der Waals surface area contributed by atoms with Crippen molar-refractivity contribution in [2.45, 2.75) is 32.1 Å². The summed E-state index contributed by atoms with van der Waals surface area (Å²) in [5.74, 6) is 4.68. The van der Waals surface area contributed by atoms with Gasteiger partial charge in [0, 0.05) is 5.92 Å². The predicted molar refractivity (Wildman–Crippen MR) is 55.4 cm³/mol. The van der Waals surface area contributed by atoms with E-state index in [0.717, 1.165) is 30.0 Å². The number of hydrogen-bond acceptors (Lipinski definition) is 1. The molecular weight excluding hydrogens is 172 g/mol. The third kappa shape index (κ3) is 1.11. The second-order valence-corrected chi connectivity index (χ2v) is 5.69. The lowest BCUT2D eigenvalue weighted by atomic mass is 9.82. The van der Waals surface area contributed by atoms with E-state index < -0.39 is 0 Å². The Kier molecular flexibility index (Phi) is 1.97. The fourth-order valence-electron chi connectivity index (χ4n) is 4.52. The number of rotatable bonds is 2. The van der Waals surface area contributed by atoms with Crippen LogP contribution in [0.1, 0.15) is 32.1 Å². The van der Waals surface area contributed by atoms with Gasteiger partial charge in [0.25, 0.3) is 0 Å². The minimum absolute atomic E-state index is 0.0694. The molecule has 5 atom stereocenters.